The minimum Gasteiger partial charge on any atom is -0.466 e. The van der Waals surface area contributed by atoms with Crippen LogP contribution in [0.1, 0.15) is 28.1 Å². The quantitative estimate of drug-likeness (QED) is 0.0377. The Kier molecular flexibility index (Phi) is 22.3. The number of esters is 7. The fraction of sp³-hybridized carbons (Fsp3) is 0.141. The predicted molar refractivity (Wildman–Crippen MR) is 320 cm³/mol. The van der Waals surface area contributed by atoms with Crippen molar-refractivity contribution in [3.8, 4) is 51.3 Å². The normalized spacial score (nSPS) is 10.6. The highest BCUT2D eigenvalue weighted by Crippen LogP contribution is 2.36. The summed E-state index contributed by atoms with van der Waals surface area (Å²) in [6, 6.07) is 37.5. The highest BCUT2D eigenvalue weighted by atomic mass is 16.6. The van der Waals surface area contributed by atoms with Crippen LogP contribution in [-0.4, -0.2) is 99.3 Å². The first-order valence-electron chi connectivity index (χ1n) is 25.1. The molecule has 21 heteroatoms. The Morgan fingerprint density at radius 2 is 0.694 bits per heavy atom. The standard InChI is InChI=1S/C36H28N8.C11H6O5.4C4H6O2.CH4/c1-41-29-21-13-5-6-14-22(21)30(41)38-32-24-16-8-10-18-26(24)34(43(32)3)40-36-28-20-12-11-19-27(28)35(44(36)4)39-33-25-17-9-7-15-23(25)31(37-29)42(33)2;1-2-9(12)15-6-3-4-7-8(5-6)11(14)16-10(7)13;4*1-3-4(5)6-2;/h5-20H,1-4H3;2-5H,1H2;4*3H,1H2,2H3;1H4/q+2;;;;;;. The fourth-order valence-corrected chi connectivity index (χ4v) is 8.44. The molecule has 0 saturated heterocycles. The van der Waals surface area contributed by atoms with Gasteiger partial charge in [0.25, 0.3) is 23.3 Å². The largest absolute Gasteiger partial charge is 0.466 e. The zero-order valence-corrected chi connectivity index (χ0v) is 47.3. The topological polar surface area (TPSA) is 244 Å². The first kappa shape index (κ1) is 64.5. The lowest BCUT2D eigenvalue weighted by molar-refractivity contribution is -0.650. The summed E-state index contributed by atoms with van der Waals surface area (Å²) in [4.78, 5) is 94.0. The van der Waals surface area contributed by atoms with E-state index in [9.17, 15) is 33.6 Å². The average molecular weight is 1150 g/mol. The van der Waals surface area contributed by atoms with E-state index in [2.05, 4.69) is 172 Å². The lowest BCUT2D eigenvalue weighted by Gasteiger charge is -2.01. The van der Waals surface area contributed by atoms with E-state index in [4.69, 9.17) is 24.7 Å². The molecule has 0 amide bonds. The van der Waals surface area contributed by atoms with Crippen LogP contribution in [-0.2, 0) is 75.8 Å². The minimum absolute atomic E-state index is 0. The Morgan fingerprint density at radius 3 is 0.953 bits per heavy atom. The van der Waals surface area contributed by atoms with Crippen molar-refractivity contribution in [3.05, 3.63) is 190 Å². The van der Waals surface area contributed by atoms with Gasteiger partial charge < -0.3 is 28.4 Å². The van der Waals surface area contributed by atoms with Crippen LogP contribution in [0.15, 0.2) is 179 Å². The number of carbonyl (C=O) groups is 7. The lowest BCUT2D eigenvalue weighted by Crippen LogP contribution is -2.31. The lowest BCUT2D eigenvalue weighted by atomic mass is 10.1. The number of carbonyl (C=O) groups excluding carboxylic acids is 7. The molecule has 5 aromatic carbocycles. The third-order valence-corrected chi connectivity index (χ3v) is 12.5. The van der Waals surface area contributed by atoms with Crippen LogP contribution in [0, 0.1) is 0 Å². The number of benzene rings is 5. The van der Waals surface area contributed by atoms with Gasteiger partial charge in [0.15, 0.2) is 0 Å². The summed E-state index contributed by atoms with van der Waals surface area (Å²) in [7, 11) is 13.4. The first-order valence-corrected chi connectivity index (χ1v) is 25.1. The van der Waals surface area contributed by atoms with Crippen molar-refractivity contribution in [1.29, 1.82) is 0 Å². The number of cyclic esters (lactones) is 2. The summed E-state index contributed by atoms with van der Waals surface area (Å²) in [5.74, 6) is -0.0986. The SMILES string of the molecule is C.C=CC(=O)OC.C=CC(=O)OC.C=CC(=O)OC.C=CC(=O)OC.C=CC(=O)Oc1ccc2c(c1)C(=O)OC2=O.Cn1c2nc3[n+](C)c(nc4c5ccccc5c(nc5[n+](C)c(nc1c1ccccc12)-c1ccccc1-5)n4C)-c1ccccc1-3. The molecule has 0 fully saturated rings. The molecule has 11 rings (SSSR count). The van der Waals surface area contributed by atoms with Gasteiger partial charge in [-0.2, -0.15) is 0 Å². The molecule has 0 N–H and O–H groups in total. The number of hydrogen-bond donors (Lipinski definition) is 0. The Hall–Kier alpha value is -11.4. The number of rotatable bonds is 6. The average Bonchev–Trinajstić information content (AvgIpc) is 1.83. The Morgan fingerprint density at radius 1 is 0.424 bits per heavy atom. The Bertz CT molecular complexity index is 3750. The number of methoxy groups -OCH3 is 4. The molecular formula is C64H62N8O13+2. The third kappa shape index (κ3) is 14.2. The van der Waals surface area contributed by atoms with E-state index in [-0.39, 0.29) is 24.3 Å². The Balaban J connectivity index is 0.000000262. The minimum atomic E-state index is -0.739. The molecule has 0 saturated carbocycles. The van der Waals surface area contributed by atoms with E-state index >= 15 is 0 Å². The zero-order valence-electron chi connectivity index (χ0n) is 47.3. The zero-order chi connectivity index (χ0) is 61.4. The number of hydrogen-bond acceptors (Lipinski definition) is 17. The summed E-state index contributed by atoms with van der Waals surface area (Å²) in [5, 5.41) is 4.18. The molecule has 3 aliphatic heterocycles. The van der Waals surface area contributed by atoms with Gasteiger partial charge in [0.2, 0.25) is 22.6 Å². The van der Waals surface area contributed by atoms with Crippen LogP contribution in [0.25, 0.3) is 89.7 Å². The second kappa shape index (κ2) is 29.4. The van der Waals surface area contributed by atoms with Crippen LogP contribution >= 0.6 is 0 Å². The van der Waals surface area contributed by atoms with Crippen molar-refractivity contribution in [2.45, 2.75) is 7.43 Å². The molecule has 85 heavy (non-hydrogen) atoms. The molecular weight excluding hydrogens is 1090 g/mol. The molecule has 6 heterocycles. The van der Waals surface area contributed by atoms with Crippen molar-refractivity contribution in [2.24, 2.45) is 28.2 Å². The van der Waals surface area contributed by atoms with Gasteiger partial charge in [0, 0.05) is 66.0 Å². The monoisotopic (exact) mass is 1150 g/mol. The molecule has 3 aliphatic rings. The van der Waals surface area contributed by atoms with E-state index in [1.165, 1.54) is 46.6 Å². The molecule has 0 unspecified atom stereocenters. The van der Waals surface area contributed by atoms with Crippen LogP contribution in [0.4, 0.5) is 0 Å². The number of nitrogens with zero attached hydrogens (tertiary/aromatic N) is 8. The molecule has 0 aliphatic carbocycles. The molecule has 0 radical (unpaired) electrons. The third-order valence-electron chi connectivity index (χ3n) is 12.5. The summed E-state index contributed by atoms with van der Waals surface area (Å²) in [5.41, 5.74) is 7.83. The van der Waals surface area contributed by atoms with Crippen LogP contribution in [0.2, 0.25) is 0 Å². The van der Waals surface area contributed by atoms with Gasteiger partial charge in [-0.3, -0.25) is 9.13 Å². The van der Waals surface area contributed by atoms with E-state index in [1.54, 1.807) is 0 Å². The van der Waals surface area contributed by atoms with Gasteiger partial charge in [0.05, 0.1) is 75.9 Å². The predicted octanol–water partition coefficient (Wildman–Crippen LogP) is 8.86. The van der Waals surface area contributed by atoms with E-state index in [0.717, 1.165) is 120 Å². The number of ether oxygens (including phenoxy) is 6. The molecule has 0 atom stereocenters. The molecule has 21 nitrogen and oxygen atoms in total. The summed E-state index contributed by atoms with van der Waals surface area (Å²) in [6.45, 7) is 15.9. The van der Waals surface area contributed by atoms with E-state index in [1.807, 2.05) is 28.2 Å². The van der Waals surface area contributed by atoms with Crippen molar-refractivity contribution in [3.63, 3.8) is 0 Å². The van der Waals surface area contributed by atoms with Crippen LogP contribution in [0.3, 0.4) is 0 Å². The Labute approximate surface area is 489 Å². The number of fused-ring (bicyclic) bond motifs is 21. The maximum absolute atomic E-state index is 11.2. The van der Waals surface area contributed by atoms with E-state index in [0.29, 0.717) is 0 Å². The van der Waals surface area contributed by atoms with Gasteiger partial charge in [-0.15, -0.1) is 0 Å². The van der Waals surface area contributed by atoms with Crippen molar-refractivity contribution >= 4 is 85.9 Å². The van der Waals surface area contributed by atoms with Crippen molar-refractivity contribution in [1.82, 2.24) is 29.1 Å². The smallest absolute Gasteiger partial charge is 0.347 e. The second-order valence-corrected chi connectivity index (χ2v) is 17.4. The van der Waals surface area contributed by atoms with Gasteiger partial charge in [0.1, 0.15) is 5.75 Å². The van der Waals surface area contributed by atoms with Gasteiger partial charge in [-0.1, -0.05) is 109 Å². The number of aromatic nitrogens is 8. The second-order valence-electron chi connectivity index (χ2n) is 17.4. The summed E-state index contributed by atoms with van der Waals surface area (Å²) >= 11 is 0. The molecule has 0 spiro atoms. The highest BCUT2D eigenvalue weighted by Gasteiger charge is 2.33. The van der Waals surface area contributed by atoms with Crippen LogP contribution < -0.4 is 13.9 Å². The summed E-state index contributed by atoms with van der Waals surface area (Å²) < 4.78 is 34.2. The molecule has 434 valence electrons. The number of aryl methyl sites for hydroxylation is 2. The van der Waals surface area contributed by atoms with Crippen molar-refractivity contribution in [2.75, 3.05) is 28.4 Å². The first-order chi connectivity index (χ1) is 40.4. The molecule has 8 bridgehead atoms. The van der Waals surface area contributed by atoms with Crippen LogP contribution in [0.5, 0.6) is 5.75 Å². The summed E-state index contributed by atoms with van der Waals surface area (Å²) in [6.07, 6.45) is 5.44. The molecule has 3 aromatic heterocycles. The van der Waals surface area contributed by atoms with Gasteiger partial charge in [-0.25, -0.2) is 42.7 Å². The maximum atomic E-state index is 11.2. The van der Waals surface area contributed by atoms with Gasteiger partial charge >= 0.3 is 41.8 Å². The van der Waals surface area contributed by atoms with Crippen molar-refractivity contribution < 1.29 is 71.1 Å². The van der Waals surface area contributed by atoms with Gasteiger partial charge in [-0.05, 0) is 66.7 Å². The fourth-order valence-electron chi connectivity index (χ4n) is 8.44. The maximum Gasteiger partial charge on any atom is 0.347 e. The van der Waals surface area contributed by atoms with E-state index < -0.39 is 41.8 Å². The highest BCUT2D eigenvalue weighted by molar-refractivity contribution is 6.15. The molecule has 8 aromatic rings.